The smallest absolute Gasteiger partial charge is 0.253 e. The molecule has 0 spiro atoms. The van der Waals surface area contributed by atoms with Gasteiger partial charge in [-0.1, -0.05) is 32.4 Å². The number of amides is 1. The number of hydrogen-bond acceptors (Lipinski definition) is 4. The van der Waals surface area contributed by atoms with Crippen LogP contribution < -0.4 is 4.74 Å². The van der Waals surface area contributed by atoms with Gasteiger partial charge in [0.1, 0.15) is 11.9 Å². The Hall–Kier alpha value is -2.05. The lowest BCUT2D eigenvalue weighted by molar-refractivity contribution is 0.0793. The van der Waals surface area contributed by atoms with Gasteiger partial charge in [-0.05, 0) is 48.4 Å². The monoisotopic (exact) mass is 432 g/mol. The number of nitrogens with one attached hydrogen (secondary N) is 1. The van der Waals surface area contributed by atoms with E-state index in [1.165, 1.54) is 0 Å². The van der Waals surface area contributed by atoms with Gasteiger partial charge in [0.25, 0.3) is 5.91 Å². The van der Waals surface area contributed by atoms with Gasteiger partial charge >= 0.3 is 0 Å². The number of ether oxygens (including phenoxy) is 1. The number of likely N-dealkylation sites (N-methyl/N-ethyl adjacent to an activating group) is 1. The minimum Gasteiger partial charge on any atom is -0.489 e. The lowest BCUT2D eigenvalue weighted by atomic mass is 9.94. The Bertz CT molecular complexity index is 824. The van der Waals surface area contributed by atoms with Crippen molar-refractivity contribution in [2.24, 2.45) is 5.41 Å². The lowest BCUT2D eigenvalue weighted by Crippen LogP contribution is -2.42. The van der Waals surface area contributed by atoms with Crippen molar-refractivity contribution in [2.45, 2.75) is 46.1 Å². The predicted octanol–water partition coefficient (Wildman–Crippen LogP) is 4.27. The normalized spacial score (nSPS) is 15.9. The summed E-state index contributed by atoms with van der Waals surface area (Å²) in [5.74, 6) is 0.603. The second kappa shape index (κ2) is 9.84. The summed E-state index contributed by atoms with van der Waals surface area (Å²) in [6.45, 7) is 10.6. The van der Waals surface area contributed by atoms with Gasteiger partial charge < -0.3 is 14.5 Å². The van der Waals surface area contributed by atoms with E-state index in [1.54, 1.807) is 30.3 Å². The molecule has 1 aromatic heterocycles. The largest absolute Gasteiger partial charge is 0.489 e. The number of H-pyrrole nitrogens is 1. The molecule has 0 bridgehead atoms. The molecule has 0 radical (unpaired) electrons. The fraction of sp³-hybridized carbons (Fsp3) is 0.565. The molecule has 0 unspecified atom stereocenters. The maximum atomic E-state index is 12.7. The number of aromatic amines is 1. The van der Waals surface area contributed by atoms with Crippen LogP contribution in [0.5, 0.6) is 5.75 Å². The van der Waals surface area contributed by atoms with E-state index >= 15 is 0 Å². The first-order valence-corrected chi connectivity index (χ1v) is 11.0. The Morgan fingerprint density at radius 3 is 2.67 bits per heavy atom. The SMILES string of the molecule is CN(CCc1cn[nH]c1)C(=O)c1ccc(OC2CCN(CC(C)(C)C)CC2)c(Cl)c1. The Balaban J connectivity index is 1.52. The minimum atomic E-state index is -0.0533. The average molecular weight is 433 g/mol. The number of carbonyl (C=O) groups excluding carboxylic acids is 1. The number of aromatic nitrogens is 2. The first-order valence-electron chi connectivity index (χ1n) is 10.6. The van der Waals surface area contributed by atoms with Crippen molar-refractivity contribution in [3.8, 4) is 5.75 Å². The molecule has 3 rings (SSSR count). The molecule has 0 atom stereocenters. The van der Waals surface area contributed by atoms with Crippen LogP contribution in [0.25, 0.3) is 0 Å². The van der Waals surface area contributed by atoms with Crippen molar-refractivity contribution in [2.75, 3.05) is 33.2 Å². The maximum Gasteiger partial charge on any atom is 0.253 e. The number of benzene rings is 1. The number of rotatable bonds is 7. The number of hydrogen-bond donors (Lipinski definition) is 1. The molecule has 30 heavy (non-hydrogen) atoms. The summed E-state index contributed by atoms with van der Waals surface area (Å²) >= 11 is 6.45. The first-order chi connectivity index (χ1) is 14.2. The fourth-order valence-corrected chi connectivity index (χ4v) is 4.02. The third kappa shape index (κ3) is 6.47. The Kier molecular flexibility index (Phi) is 7.42. The van der Waals surface area contributed by atoms with Gasteiger partial charge in [0.05, 0.1) is 11.2 Å². The van der Waals surface area contributed by atoms with E-state index < -0.39 is 0 Å². The average Bonchev–Trinajstić information content (AvgIpc) is 3.21. The zero-order valence-electron chi connectivity index (χ0n) is 18.4. The second-order valence-electron chi connectivity index (χ2n) is 9.38. The predicted molar refractivity (Wildman–Crippen MR) is 120 cm³/mol. The Morgan fingerprint density at radius 2 is 2.07 bits per heavy atom. The van der Waals surface area contributed by atoms with Crippen LogP contribution in [0.3, 0.4) is 0 Å². The van der Waals surface area contributed by atoms with Gasteiger partial charge in [-0.15, -0.1) is 0 Å². The van der Waals surface area contributed by atoms with Gasteiger partial charge in [-0.25, -0.2) is 0 Å². The van der Waals surface area contributed by atoms with Crippen molar-refractivity contribution in [1.82, 2.24) is 20.0 Å². The summed E-state index contributed by atoms with van der Waals surface area (Å²) in [4.78, 5) is 16.9. The zero-order valence-corrected chi connectivity index (χ0v) is 19.2. The van der Waals surface area contributed by atoms with Crippen LogP contribution in [0, 0.1) is 5.41 Å². The molecular weight excluding hydrogens is 400 g/mol. The summed E-state index contributed by atoms with van der Waals surface area (Å²) in [6, 6.07) is 5.33. The van der Waals surface area contributed by atoms with Gasteiger partial charge in [0.15, 0.2) is 0 Å². The summed E-state index contributed by atoms with van der Waals surface area (Å²) in [5, 5.41) is 7.20. The van der Waals surface area contributed by atoms with E-state index in [0.29, 0.717) is 28.3 Å². The highest BCUT2D eigenvalue weighted by Crippen LogP contribution is 2.29. The van der Waals surface area contributed by atoms with Crippen LogP contribution in [0.1, 0.15) is 49.5 Å². The van der Waals surface area contributed by atoms with E-state index in [4.69, 9.17) is 16.3 Å². The molecule has 1 aliphatic heterocycles. The second-order valence-corrected chi connectivity index (χ2v) is 9.79. The van der Waals surface area contributed by atoms with Crippen molar-refractivity contribution in [3.05, 3.63) is 46.7 Å². The molecule has 2 aromatic rings. The quantitative estimate of drug-likeness (QED) is 0.709. The van der Waals surface area contributed by atoms with E-state index in [9.17, 15) is 4.79 Å². The third-order valence-electron chi connectivity index (χ3n) is 5.34. The molecule has 0 aliphatic carbocycles. The van der Waals surface area contributed by atoms with Crippen molar-refractivity contribution >= 4 is 17.5 Å². The van der Waals surface area contributed by atoms with E-state index in [1.807, 2.05) is 12.3 Å². The zero-order chi connectivity index (χ0) is 21.7. The summed E-state index contributed by atoms with van der Waals surface area (Å²) < 4.78 is 6.16. The number of piperidine rings is 1. The molecule has 6 nitrogen and oxygen atoms in total. The van der Waals surface area contributed by atoms with Crippen LogP contribution >= 0.6 is 11.6 Å². The maximum absolute atomic E-state index is 12.7. The van der Waals surface area contributed by atoms with Crippen LogP contribution in [-0.4, -0.2) is 65.2 Å². The summed E-state index contributed by atoms with van der Waals surface area (Å²) in [5.41, 5.74) is 1.96. The highest BCUT2D eigenvalue weighted by molar-refractivity contribution is 6.32. The van der Waals surface area contributed by atoms with Crippen molar-refractivity contribution < 1.29 is 9.53 Å². The van der Waals surface area contributed by atoms with Gasteiger partial charge in [-0.3, -0.25) is 9.89 Å². The summed E-state index contributed by atoms with van der Waals surface area (Å²) in [6.07, 6.45) is 6.51. The number of carbonyl (C=O) groups is 1. The van der Waals surface area contributed by atoms with E-state index in [0.717, 1.165) is 44.5 Å². The molecule has 1 N–H and O–H groups in total. The molecule has 1 saturated heterocycles. The molecule has 1 fully saturated rings. The molecule has 2 heterocycles. The molecule has 1 amide bonds. The Morgan fingerprint density at radius 1 is 1.33 bits per heavy atom. The van der Waals surface area contributed by atoms with Crippen LogP contribution in [0.2, 0.25) is 5.02 Å². The number of likely N-dealkylation sites (tertiary alicyclic amines) is 1. The van der Waals surface area contributed by atoms with Crippen LogP contribution in [-0.2, 0) is 6.42 Å². The highest BCUT2D eigenvalue weighted by atomic mass is 35.5. The molecular formula is C23H33ClN4O2. The third-order valence-corrected chi connectivity index (χ3v) is 5.64. The highest BCUT2D eigenvalue weighted by Gasteiger charge is 2.24. The molecule has 1 aromatic carbocycles. The van der Waals surface area contributed by atoms with Crippen LogP contribution in [0.4, 0.5) is 0 Å². The lowest BCUT2D eigenvalue weighted by Gasteiger charge is -2.36. The van der Waals surface area contributed by atoms with E-state index in [2.05, 4.69) is 35.9 Å². The van der Waals surface area contributed by atoms with Crippen LogP contribution in [0.15, 0.2) is 30.6 Å². The van der Waals surface area contributed by atoms with Gasteiger partial charge in [-0.2, -0.15) is 5.10 Å². The number of halogens is 1. The van der Waals surface area contributed by atoms with E-state index in [-0.39, 0.29) is 12.0 Å². The topological polar surface area (TPSA) is 61.5 Å². The summed E-state index contributed by atoms with van der Waals surface area (Å²) in [7, 11) is 1.80. The van der Waals surface area contributed by atoms with Gasteiger partial charge in [0, 0.05) is 45.0 Å². The molecule has 0 saturated carbocycles. The Labute approximate surface area is 184 Å². The van der Waals surface area contributed by atoms with Gasteiger partial charge in [0.2, 0.25) is 0 Å². The fourth-order valence-electron chi connectivity index (χ4n) is 3.80. The number of nitrogens with zero attached hydrogens (tertiary/aromatic N) is 3. The van der Waals surface area contributed by atoms with Crippen molar-refractivity contribution in [1.29, 1.82) is 0 Å². The molecule has 7 heteroatoms. The standard InChI is InChI=1S/C23H33ClN4O2/c1-23(2,3)16-28-11-8-19(9-12-28)30-21-6-5-18(13-20(21)24)22(29)27(4)10-7-17-14-25-26-15-17/h5-6,13-15,19H,7-12,16H2,1-4H3,(H,25,26). The molecule has 164 valence electrons. The van der Waals surface area contributed by atoms with Crippen molar-refractivity contribution in [3.63, 3.8) is 0 Å². The first kappa shape index (κ1) is 22.6. The minimum absolute atomic E-state index is 0.0533. The molecule has 1 aliphatic rings.